The van der Waals surface area contributed by atoms with Gasteiger partial charge in [-0.2, -0.15) is 0 Å². The molecular weight excluding hydrogens is 208 g/mol. The Morgan fingerprint density at radius 3 is 2.71 bits per heavy atom. The second-order valence-electron chi connectivity index (χ2n) is 5.84. The molecule has 0 bridgehead atoms. The second-order valence-corrected chi connectivity index (χ2v) is 5.84. The summed E-state index contributed by atoms with van der Waals surface area (Å²) >= 11 is 0. The van der Waals surface area contributed by atoms with Gasteiger partial charge in [0.1, 0.15) is 0 Å². The lowest BCUT2D eigenvalue weighted by molar-refractivity contribution is 0.552. The second kappa shape index (κ2) is 3.36. The highest BCUT2D eigenvalue weighted by molar-refractivity contribution is 5.86. The third-order valence-corrected chi connectivity index (χ3v) is 3.85. The van der Waals surface area contributed by atoms with Crippen LogP contribution in [-0.2, 0) is 18.5 Å². The first-order valence-corrected chi connectivity index (χ1v) is 6.39. The first-order valence-electron chi connectivity index (χ1n) is 6.39. The molecule has 2 heteroatoms. The minimum atomic E-state index is -0.252. The summed E-state index contributed by atoms with van der Waals surface area (Å²) in [5.41, 5.74) is 11.5. The zero-order valence-corrected chi connectivity index (χ0v) is 10.9. The molecule has 1 aromatic carbocycles. The first-order chi connectivity index (χ1) is 7.97. The molecular formula is C15H20N2. The van der Waals surface area contributed by atoms with Gasteiger partial charge in [-0.1, -0.05) is 6.07 Å². The Balaban J connectivity index is 2.34. The van der Waals surface area contributed by atoms with Gasteiger partial charge in [-0.25, -0.2) is 0 Å². The topological polar surface area (TPSA) is 30.9 Å². The summed E-state index contributed by atoms with van der Waals surface area (Å²) < 4.78 is 2.45. The van der Waals surface area contributed by atoms with E-state index in [1.165, 1.54) is 40.6 Å². The van der Waals surface area contributed by atoms with Crippen LogP contribution in [0.1, 0.15) is 37.1 Å². The first kappa shape index (κ1) is 10.8. The average Bonchev–Trinajstić information content (AvgIpc) is 2.56. The van der Waals surface area contributed by atoms with Gasteiger partial charge < -0.3 is 10.3 Å². The minimum absolute atomic E-state index is 0.252. The van der Waals surface area contributed by atoms with E-state index < -0.39 is 0 Å². The van der Waals surface area contributed by atoms with E-state index >= 15 is 0 Å². The molecule has 0 aliphatic carbocycles. The van der Waals surface area contributed by atoms with Crippen molar-refractivity contribution in [2.75, 3.05) is 0 Å². The lowest BCUT2D eigenvalue weighted by atomic mass is 9.90. The summed E-state index contributed by atoms with van der Waals surface area (Å²) in [6.07, 6.45) is 2.43. The van der Waals surface area contributed by atoms with Crippen molar-refractivity contribution in [2.24, 2.45) is 5.73 Å². The van der Waals surface area contributed by atoms with Gasteiger partial charge >= 0.3 is 0 Å². The van der Waals surface area contributed by atoms with Crippen molar-refractivity contribution in [2.45, 2.75) is 45.7 Å². The smallest absolute Gasteiger partial charge is 0.0515 e. The quantitative estimate of drug-likeness (QED) is 0.799. The van der Waals surface area contributed by atoms with Gasteiger partial charge in [-0.3, -0.25) is 0 Å². The SMILES string of the molecule is Cc1cc2cc(C(C)(C)N)cc3c2n1CCC3. The van der Waals surface area contributed by atoms with Gasteiger partial charge in [0.05, 0.1) is 5.52 Å². The Morgan fingerprint density at radius 1 is 1.24 bits per heavy atom. The van der Waals surface area contributed by atoms with Gasteiger partial charge in [-0.05, 0) is 56.9 Å². The Hall–Kier alpha value is -1.28. The number of rotatable bonds is 1. The molecule has 0 amide bonds. The van der Waals surface area contributed by atoms with E-state index in [9.17, 15) is 0 Å². The normalized spacial score (nSPS) is 15.5. The predicted molar refractivity (Wildman–Crippen MR) is 72.2 cm³/mol. The molecule has 90 valence electrons. The van der Waals surface area contributed by atoms with E-state index in [-0.39, 0.29) is 5.54 Å². The molecule has 0 saturated heterocycles. The highest BCUT2D eigenvalue weighted by atomic mass is 15.0. The zero-order valence-electron chi connectivity index (χ0n) is 10.9. The highest BCUT2D eigenvalue weighted by Gasteiger charge is 2.20. The van der Waals surface area contributed by atoms with E-state index in [2.05, 4.69) is 43.5 Å². The fourth-order valence-electron chi connectivity index (χ4n) is 2.92. The molecule has 0 radical (unpaired) electrons. The number of aryl methyl sites for hydroxylation is 3. The van der Waals surface area contributed by atoms with Crippen molar-refractivity contribution in [3.05, 3.63) is 35.0 Å². The van der Waals surface area contributed by atoms with Crippen LogP contribution in [0.3, 0.4) is 0 Å². The molecule has 17 heavy (non-hydrogen) atoms. The molecule has 0 saturated carbocycles. The van der Waals surface area contributed by atoms with Crippen molar-refractivity contribution < 1.29 is 0 Å². The Morgan fingerprint density at radius 2 is 2.00 bits per heavy atom. The van der Waals surface area contributed by atoms with Crippen molar-refractivity contribution in [1.82, 2.24) is 4.57 Å². The third kappa shape index (κ3) is 1.59. The van der Waals surface area contributed by atoms with Crippen LogP contribution >= 0.6 is 0 Å². The standard InChI is InChI=1S/C15H20N2/c1-10-7-12-9-13(15(2,3)16)8-11-5-4-6-17(10)14(11)12/h7-9H,4-6,16H2,1-3H3. The molecule has 0 fully saturated rings. The van der Waals surface area contributed by atoms with Crippen molar-refractivity contribution in [1.29, 1.82) is 0 Å². The molecule has 2 N–H and O–H groups in total. The highest BCUT2D eigenvalue weighted by Crippen LogP contribution is 2.32. The molecule has 0 atom stereocenters. The van der Waals surface area contributed by atoms with Crippen LogP contribution in [0.2, 0.25) is 0 Å². The number of benzene rings is 1. The fourth-order valence-corrected chi connectivity index (χ4v) is 2.92. The monoisotopic (exact) mass is 228 g/mol. The van der Waals surface area contributed by atoms with Gasteiger partial charge in [-0.15, -0.1) is 0 Å². The maximum atomic E-state index is 6.23. The Kier molecular flexibility index (Phi) is 2.14. The largest absolute Gasteiger partial charge is 0.345 e. The van der Waals surface area contributed by atoms with E-state index in [1.54, 1.807) is 0 Å². The molecule has 1 aromatic heterocycles. The van der Waals surface area contributed by atoms with Crippen LogP contribution in [0.15, 0.2) is 18.2 Å². The van der Waals surface area contributed by atoms with Crippen molar-refractivity contribution >= 4 is 10.9 Å². The van der Waals surface area contributed by atoms with Gasteiger partial charge in [0.2, 0.25) is 0 Å². The summed E-state index contributed by atoms with van der Waals surface area (Å²) in [5.74, 6) is 0. The average molecular weight is 228 g/mol. The molecule has 2 heterocycles. The molecule has 2 aromatic rings. The minimum Gasteiger partial charge on any atom is -0.345 e. The van der Waals surface area contributed by atoms with Crippen LogP contribution in [-0.4, -0.2) is 4.57 Å². The lowest BCUT2D eigenvalue weighted by Gasteiger charge is -2.23. The summed E-state index contributed by atoms with van der Waals surface area (Å²) in [6.45, 7) is 7.51. The zero-order chi connectivity index (χ0) is 12.2. The number of nitrogens with zero attached hydrogens (tertiary/aromatic N) is 1. The molecule has 3 rings (SSSR count). The van der Waals surface area contributed by atoms with E-state index in [4.69, 9.17) is 5.73 Å². The number of aromatic nitrogens is 1. The fraction of sp³-hybridized carbons (Fsp3) is 0.467. The Bertz CT molecular complexity index is 585. The Labute approximate surface area is 102 Å². The van der Waals surface area contributed by atoms with Crippen molar-refractivity contribution in [3.63, 3.8) is 0 Å². The summed E-state index contributed by atoms with van der Waals surface area (Å²) in [7, 11) is 0. The molecule has 0 spiro atoms. The van der Waals surface area contributed by atoms with Gasteiger partial charge in [0, 0.05) is 23.2 Å². The van der Waals surface area contributed by atoms with Crippen LogP contribution in [0.5, 0.6) is 0 Å². The van der Waals surface area contributed by atoms with Crippen LogP contribution in [0, 0.1) is 6.92 Å². The van der Waals surface area contributed by atoms with Gasteiger partial charge in [0.15, 0.2) is 0 Å². The van der Waals surface area contributed by atoms with E-state index in [1.807, 2.05) is 0 Å². The van der Waals surface area contributed by atoms with Crippen LogP contribution in [0.4, 0.5) is 0 Å². The van der Waals surface area contributed by atoms with E-state index in [0.717, 1.165) is 6.54 Å². The molecule has 2 nitrogen and oxygen atoms in total. The van der Waals surface area contributed by atoms with Crippen molar-refractivity contribution in [3.8, 4) is 0 Å². The van der Waals surface area contributed by atoms with E-state index in [0.29, 0.717) is 0 Å². The van der Waals surface area contributed by atoms with Crippen LogP contribution < -0.4 is 5.73 Å². The van der Waals surface area contributed by atoms with Crippen LogP contribution in [0.25, 0.3) is 10.9 Å². The maximum absolute atomic E-state index is 6.23. The maximum Gasteiger partial charge on any atom is 0.0515 e. The summed E-state index contributed by atoms with van der Waals surface area (Å²) in [4.78, 5) is 0. The number of nitrogens with two attached hydrogens (primary N) is 1. The molecule has 1 aliphatic heterocycles. The third-order valence-electron chi connectivity index (χ3n) is 3.85. The number of hydrogen-bond acceptors (Lipinski definition) is 1. The number of hydrogen-bond donors (Lipinski definition) is 1. The predicted octanol–water partition coefficient (Wildman–Crippen LogP) is 3.09. The molecule has 0 unspecified atom stereocenters. The molecule has 1 aliphatic rings. The lowest BCUT2D eigenvalue weighted by Crippen LogP contribution is -2.28. The van der Waals surface area contributed by atoms with Gasteiger partial charge in [0.25, 0.3) is 0 Å². The summed E-state index contributed by atoms with van der Waals surface area (Å²) in [5, 5.41) is 1.35. The summed E-state index contributed by atoms with van der Waals surface area (Å²) in [6, 6.07) is 6.85.